The number of halogens is 1. The molecule has 1 saturated heterocycles. The van der Waals surface area contributed by atoms with Crippen molar-refractivity contribution in [3.63, 3.8) is 0 Å². The van der Waals surface area contributed by atoms with E-state index in [1.54, 1.807) is 16.9 Å². The van der Waals surface area contributed by atoms with Crippen molar-refractivity contribution in [1.82, 2.24) is 14.8 Å². The van der Waals surface area contributed by atoms with Gasteiger partial charge < -0.3 is 9.64 Å². The fraction of sp³-hybridized carbons (Fsp3) is 0.294. The number of benzene rings is 1. The molecule has 1 fully saturated rings. The number of pyridine rings is 1. The van der Waals surface area contributed by atoms with Crippen molar-refractivity contribution in [2.45, 2.75) is 6.92 Å². The van der Waals surface area contributed by atoms with Gasteiger partial charge >= 0.3 is 0 Å². The molecule has 118 valence electrons. The van der Waals surface area contributed by atoms with Crippen LogP contribution in [0, 0.1) is 12.7 Å². The molecule has 0 bridgehead atoms. The van der Waals surface area contributed by atoms with Gasteiger partial charge in [-0.05, 0) is 36.8 Å². The van der Waals surface area contributed by atoms with Crippen molar-refractivity contribution < 1.29 is 9.13 Å². The number of rotatable bonds is 2. The average molecular weight is 312 g/mol. The van der Waals surface area contributed by atoms with Gasteiger partial charge in [-0.15, -0.1) is 5.10 Å². The van der Waals surface area contributed by atoms with E-state index in [4.69, 9.17) is 4.74 Å². The number of fused-ring (bicyclic) bond motifs is 1. The van der Waals surface area contributed by atoms with E-state index in [0.29, 0.717) is 18.9 Å². The van der Waals surface area contributed by atoms with Crippen LogP contribution in [0.15, 0.2) is 36.5 Å². The molecule has 23 heavy (non-hydrogen) atoms. The number of anilines is 1. The quantitative estimate of drug-likeness (QED) is 0.730. The van der Waals surface area contributed by atoms with E-state index in [9.17, 15) is 4.39 Å². The standard InChI is InChI=1S/C17H17FN4O/c1-12-4-5-14(13(18)11-12)22-15-3-2-6-19-16(15)17(20-22)21-7-9-23-10-8-21/h2-6,11H,7-10H2,1H3. The number of aromatic nitrogens is 3. The maximum absolute atomic E-state index is 14.4. The van der Waals surface area contributed by atoms with Gasteiger partial charge in [0.25, 0.3) is 0 Å². The van der Waals surface area contributed by atoms with Gasteiger partial charge in [0.05, 0.1) is 18.7 Å². The summed E-state index contributed by atoms with van der Waals surface area (Å²) in [5.74, 6) is 0.496. The summed E-state index contributed by atoms with van der Waals surface area (Å²) in [6, 6.07) is 8.92. The fourth-order valence-corrected chi connectivity index (χ4v) is 2.89. The Morgan fingerprint density at radius 1 is 1.17 bits per heavy atom. The van der Waals surface area contributed by atoms with Gasteiger partial charge in [-0.2, -0.15) is 0 Å². The second-order valence-corrected chi connectivity index (χ2v) is 5.66. The first-order valence-electron chi connectivity index (χ1n) is 7.67. The van der Waals surface area contributed by atoms with Gasteiger partial charge in [0.1, 0.15) is 17.0 Å². The highest BCUT2D eigenvalue weighted by Crippen LogP contribution is 2.28. The third-order valence-electron chi connectivity index (χ3n) is 4.06. The highest BCUT2D eigenvalue weighted by atomic mass is 19.1. The summed E-state index contributed by atoms with van der Waals surface area (Å²) in [6.07, 6.45) is 1.74. The van der Waals surface area contributed by atoms with Crippen LogP contribution in [-0.2, 0) is 4.74 Å². The second-order valence-electron chi connectivity index (χ2n) is 5.66. The van der Waals surface area contributed by atoms with Crippen LogP contribution < -0.4 is 4.90 Å². The van der Waals surface area contributed by atoms with E-state index in [0.717, 1.165) is 35.5 Å². The van der Waals surface area contributed by atoms with Crippen LogP contribution in [0.4, 0.5) is 10.2 Å². The summed E-state index contributed by atoms with van der Waals surface area (Å²) >= 11 is 0. The van der Waals surface area contributed by atoms with Gasteiger partial charge in [-0.3, -0.25) is 4.98 Å². The molecule has 6 heteroatoms. The number of ether oxygens (including phenoxy) is 1. The van der Waals surface area contributed by atoms with Gasteiger partial charge in [-0.1, -0.05) is 6.07 Å². The summed E-state index contributed by atoms with van der Waals surface area (Å²) in [6.45, 7) is 4.73. The fourth-order valence-electron chi connectivity index (χ4n) is 2.89. The Morgan fingerprint density at radius 2 is 2.00 bits per heavy atom. The van der Waals surface area contributed by atoms with Gasteiger partial charge in [-0.25, -0.2) is 9.07 Å². The van der Waals surface area contributed by atoms with E-state index < -0.39 is 0 Å². The van der Waals surface area contributed by atoms with Crippen molar-refractivity contribution in [1.29, 1.82) is 0 Å². The van der Waals surface area contributed by atoms with Crippen LogP contribution in [0.1, 0.15) is 5.56 Å². The van der Waals surface area contributed by atoms with Crippen molar-refractivity contribution >= 4 is 16.9 Å². The molecular weight excluding hydrogens is 295 g/mol. The molecule has 3 heterocycles. The lowest BCUT2D eigenvalue weighted by Gasteiger charge is -2.26. The van der Waals surface area contributed by atoms with Gasteiger partial charge in [0.2, 0.25) is 0 Å². The predicted molar refractivity (Wildman–Crippen MR) is 86.6 cm³/mol. The van der Waals surface area contributed by atoms with Crippen LogP contribution >= 0.6 is 0 Å². The highest BCUT2D eigenvalue weighted by molar-refractivity contribution is 5.88. The van der Waals surface area contributed by atoms with Crippen LogP contribution in [-0.4, -0.2) is 41.1 Å². The summed E-state index contributed by atoms with van der Waals surface area (Å²) < 4.78 is 21.4. The molecule has 1 aliphatic rings. The molecule has 1 aliphatic heterocycles. The average Bonchev–Trinajstić information content (AvgIpc) is 2.95. The summed E-state index contributed by atoms with van der Waals surface area (Å²) in [7, 11) is 0. The lowest BCUT2D eigenvalue weighted by molar-refractivity contribution is 0.122. The molecule has 0 radical (unpaired) electrons. The molecule has 0 N–H and O–H groups in total. The first kappa shape index (κ1) is 14.1. The SMILES string of the molecule is Cc1ccc(-n2nc(N3CCOCC3)c3ncccc32)c(F)c1. The number of morpholine rings is 1. The minimum Gasteiger partial charge on any atom is -0.378 e. The number of nitrogens with zero attached hydrogens (tertiary/aromatic N) is 4. The van der Waals surface area contributed by atoms with E-state index in [-0.39, 0.29) is 5.82 Å². The van der Waals surface area contributed by atoms with E-state index >= 15 is 0 Å². The van der Waals surface area contributed by atoms with Crippen molar-refractivity contribution in [2.24, 2.45) is 0 Å². The minimum absolute atomic E-state index is 0.285. The van der Waals surface area contributed by atoms with Crippen LogP contribution in [0.25, 0.3) is 16.7 Å². The largest absolute Gasteiger partial charge is 0.378 e. The molecule has 0 unspecified atom stereocenters. The lowest BCUT2D eigenvalue weighted by atomic mass is 10.2. The maximum atomic E-state index is 14.4. The minimum atomic E-state index is -0.285. The molecule has 0 atom stereocenters. The van der Waals surface area contributed by atoms with Gasteiger partial charge in [0, 0.05) is 19.3 Å². The third-order valence-corrected chi connectivity index (χ3v) is 4.06. The van der Waals surface area contributed by atoms with Crippen molar-refractivity contribution in [3.05, 3.63) is 47.9 Å². The summed E-state index contributed by atoms with van der Waals surface area (Å²) in [5.41, 5.74) is 2.91. The summed E-state index contributed by atoms with van der Waals surface area (Å²) in [4.78, 5) is 6.60. The molecule has 4 rings (SSSR count). The normalized spacial score (nSPS) is 15.3. The van der Waals surface area contributed by atoms with E-state index in [1.807, 2.05) is 25.1 Å². The van der Waals surface area contributed by atoms with Crippen molar-refractivity contribution in [3.8, 4) is 5.69 Å². The lowest BCUT2D eigenvalue weighted by Crippen LogP contribution is -2.36. The molecule has 0 saturated carbocycles. The molecule has 2 aromatic heterocycles. The first-order valence-corrected chi connectivity index (χ1v) is 7.67. The first-order chi connectivity index (χ1) is 11.2. The molecule has 0 aliphatic carbocycles. The molecule has 0 spiro atoms. The van der Waals surface area contributed by atoms with Crippen LogP contribution in [0.3, 0.4) is 0 Å². The number of hydrogen-bond acceptors (Lipinski definition) is 4. The molecule has 1 aromatic carbocycles. The predicted octanol–water partition coefficient (Wildman–Crippen LogP) is 2.70. The molecule has 0 amide bonds. The Bertz CT molecular complexity index is 855. The summed E-state index contributed by atoms with van der Waals surface area (Å²) in [5, 5.41) is 4.66. The van der Waals surface area contributed by atoms with Gasteiger partial charge in [0.15, 0.2) is 5.82 Å². The van der Waals surface area contributed by atoms with Crippen LogP contribution in [0.5, 0.6) is 0 Å². The smallest absolute Gasteiger partial charge is 0.177 e. The Kier molecular flexibility index (Phi) is 3.46. The molecule has 5 nitrogen and oxygen atoms in total. The zero-order valence-electron chi connectivity index (χ0n) is 12.9. The Morgan fingerprint density at radius 3 is 2.78 bits per heavy atom. The van der Waals surface area contributed by atoms with E-state index in [2.05, 4.69) is 15.0 Å². The Labute approximate surface area is 133 Å². The monoisotopic (exact) mass is 312 g/mol. The number of hydrogen-bond donors (Lipinski definition) is 0. The zero-order valence-corrected chi connectivity index (χ0v) is 12.9. The molecule has 3 aromatic rings. The Balaban J connectivity index is 1.90. The molecular formula is C17H17FN4O. The Hall–Kier alpha value is -2.47. The maximum Gasteiger partial charge on any atom is 0.177 e. The second kappa shape index (κ2) is 5.62. The highest BCUT2D eigenvalue weighted by Gasteiger charge is 2.21. The third kappa shape index (κ3) is 2.45. The van der Waals surface area contributed by atoms with Crippen LogP contribution in [0.2, 0.25) is 0 Å². The zero-order chi connectivity index (χ0) is 15.8. The van der Waals surface area contributed by atoms with Crippen molar-refractivity contribution in [2.75, 3.05) is 31.2 Å². The topological polar surface area (TPSA) is 43.2 Å². The number of aryl methyl sites for hydroxylation is 1. The van der Waals surface area contributed by atoms with E-state index in [1.165, 1.54) is 6.07 Å².